The van der Waals surface area contributed by atoms with Crippen LogP contribution in [-0.2, 0) is 4.79 Å². The molecule has 0 spiro atoms. The maximum atomic E-state index is 12.7. The van der Waals surface area contributed by atoms with E-state index in [0.29, 0.717) is 6.54 Å². The summed E-state index contributed by atoms with van der Waals surface area (Å²) < 4.78 is 0. The van der Waals surface area contributed by atoms with Gasteiger partial charge in [-0.2, -0.15) is 0 Å². The minimum Gasteiger partial charge on any atom is -0.338 e. The van der Waals surface area contributed by atoms with Gasteiger partial charge in [0.25, 0.3) is 0 Å². The van der Waals surface area contributed by atoms with Crippen molar-refractivity contribution >= 4 is 23.7 Å². The largest absolute Gasteiger partial charge is 0.338 e. The van der Waals surface area contributed by atoms with Gasteiger partial charge in [-0.3, -0.25) is 4.79 Å². The summed E-state index contributed by atoms with van der Waals surface area (Å²) in [4.78, 5) is 30.1. The molecule has 0 aromatic heterocycles. The normalized spacial score (nSPS) is 23.7. The Morgan fingerprint density at radius 1 is 1.30 bits per heavy atom. The quantitative estimate of drug-likeness (QED) is 0.784. The molecule has 1 aromatic carbocycles. The van der Waals surface area contributed by atoms with Gasteiger partial charge in [-0.15, -0.1) is 11.8 Å². The standard InChI is InChI=1S/C20H30N4O2S/c1-4-21-20(26)23-12-9-22(10-13-23)11-14-24-18(25)16(3)27-19(24)17-8-6-5-7-15(17)2/h5-8,16,19H,4,9-14H2,1-3H3,(H,21,26)/p+1/t16-,19+/m1/s1. The van der Waals surface area contributed by atoms with E-state index in [1.807, 2.05) is 24.8 Å². The monoisotopic (exact) mass is 391 g/mol. The third-order valence-electron chi connectivity index (χ3n) is 5.49. The predicted octanol–water partition coefficient (Wildman–Crippen LogP) is 0.888. The number of rotatable bonds is 5. The van der Waals surface area contributed by atoms with E-state index in [1.165, 1.54) is 16.0 Å². The molecule has 2 heterocycles. The van der Waals surface area contributed by atoms with Crippen LogP contribution >= 0.6 is 11.8 Å². The number of aryl methyl sites for hydroxylation is 1. The van der Waals surface area contributed by atoms with E-state index in [4.69, 9.17) is 0 Å². The molecule has 0 radical (unpaired) electrons. The number of urea groups is 1. The van der Waals surface area contributed by atoms with Crippen molar-refractivity contribution in [3.8, 4) is 0 Å². The Morgan fingerprint density at radius 2 is 2.00 bits per heavy atom. The Balaban J connectivity index is 1.57. The molecule has 0 aliphatic carbocycles. The summed E-state index contributed by atoms with van der Waals surface area (Å²) in [5.41, 5.74) is 2.49. The SMILES string of the molecule is CCNC(=O)N1CC[NH+](CCN2C(=O)[C@@H](C)S[C@H]2c2ccccc2C)CC1. The number of hydrogen-bond acceptors (Lipinski definition) is 3. The molecule has 2 aliphatic heterocycles. The second-order valence-corrected chi connectivity index (χ2v) is 8.77. The molecule has 2 aliphatic rings. The van der Waals surface area contributed by atoms with E-state index in [1.54, 1.807) is 11.8 Å². The molecule has 2 saturated heterocycles. The second kappa shape index (κ2) is 8.97. The van der Waals surface area contributed by atoms with Crippen molar-refractivity contribution < 1.29 is 14.5 Å². The fraction of sp³-hybridized carbons (Fsp3) is 0.600. The Kier molecular flexibility index (Phi) is 6.65. The van der Waals surface area contributed by atoms with Gasteiger partial charge in [-0.05, 0) is 31.9 Å². The van der Waals surface area contributed by atoms with Gasteiger partial charge in [0.15, 0.2) is 0 Å². The van der Waals surface area contributed by atoms with Crippen LogP contribution in [0.5, 0.6) is 0 Å². The Labute approximate surface area is 166 Å². The van der Waals surface area contributed by atoms with E-state index >= 15 is 0 Å². The van der Waals surface area contributed by atoms with Crippen LogP contribution in [0.25, 0.3) is 0 Å². The highest BCUT2D eigenvalue weighted by Gasteiger charge is 2.39. The van der Waals surface area contributed by atoms with Crippen molar-refractivity contribution in [2.75, 3.05) is 45.8 Å². The minimum atomic E-state index is 0.0131. The van der Waals surface area contributed by atoms with Gasteiger partial charge in [0.2, 0.25) is 5.91 Å². The molecule has 7 heteroatoms. The topological polar surface area (TPSA) is 57.1 Å². The summed E-state index contributed by atoms with van der Waals surface area (Å²) in [6.45, 7) is 11.9. The number of carbonyl (C=O) groups excluding carboxylic acids is 2. The lowest BCUT2D eigenvalue weighted by Crippen LogP contribution is -3.15. The van der Waals surface area contributed by atoms with Crippen molar-refractivity contribution in [1.29, 1.82) is 0 Å². The van der Waals surface area contributed by atoms with Crippen molar-refractivity contribution in [2.24, 2.45) is 0 Å². The first-order chi connectivity index (χ1) is 13.0. The van der Waals surface area contributed by atoms with E-state index in [0.717, 1.165) is 39.3 Å². The summed E-state index contributed by atoms with van der Waals surface area (Å²) >= 11 is 1.75. The maximum absolute atomic E-state index is 12.7. The van der Waals surface area contributed by atoms with E-state index < -0.39 is 0 Å². The lowest BCUT2D eigenvalue weighted by molar-refractivity contribution is -0.903. The van der Waals surface area contributed by atoms with Gasteiger partial charge < -0.3 is 20.0 Å². The molecule has 2 N–H and O–H groups in total. The first-order valence-electron chi connectivity index (χ1n) is 9.89. The summed E-state index contributed by atoms with van der Waals surface area (Å²) in [5, 5.41) is 3.00. The van der Waals surface area contributed by atoms with Gasteiger partial charge in [-0.25, -0.2) is 4.79 Å². The molecule has 0 saturated carbocycles. The van der Waals surface area contributed by atoms with Crippen molar-refractivity contribution in [2.45, 2.75) is 31.4 Å². The van der Waals surface area contributed by atoms with Crippen molar-refractivity contribution in [1.82, 2.24) is 15.1 Å². The highest BCUT2D eigenvalue weighted by molar-refractivity contribution is 8.01. The zero-order valence-electron chi connectivity index (χ0n) is 16.5. The van der Waals surface area contributed by atoms with Gasteiger partial charge in [0, 0.05) is 6.54 Å². The van der Waals surface area contributed by atoms with E-state index in [2.05, 4.69) is 35.3 Å². The number of nitrogens with one attached hydrogen (secondary N) is 2. The summed E-state index contributed by atoms with van der Waals surface area (Å²) in [7, 11) is 0. The zero-order chi connectivity index (χ0) is 19.4. The number of amides is 3. The lowest BCUT2D eigenvalue weighted by Gasteiger charge is -2.33. The molecule has 2 atom stereocenters. The van der Waals surface area contributed by atoms with Crippen LogP contribution < -0.4 is 10.2 Å². The number of quaternary nitrogens is 1. The van der Waals surface area contributed by atoms with Crippen LogP contribution in [0.4, 0.5) is 4.79 Å². The van der Waals surface area contributed by atoms with E-state index in [9.17, 15) is 9.59 Å². The number of carbonyl (C=O) groups is 2. The smallest absolute Gasteiger partial charge is 0.317 e. The van der Waals surface area contributed by atoms with Crippen LogP contribution in [0, 0.1) is 6.92 Å². The highest BCUT2D eigenvalue weighted by Crippen LogP contribution is 2.43. The molecule has 3 amide bonds. The molecule has 0 unspecified atom stereocenters. The average Bonchev–Trinajstić information content (AvgIpc) is 2.95. The Hall–Kier alpha value is -1.73. The van der Waals surface area contributed by atoms with Crippen molar-refractivity contribution in [3.63, 3.8) is 0 Å². The summed E-state index contributed by atoms with van der Waals surface area (Å²) in [6.07, 6.45) is 0. The molecule has 1 aromatic rings. The van der Waals surface area contributed by atoms with Crippen molar-refractivity contribution in [3.05, 3.63) is 35.4 Å². The lowest BCUT2D eigenvalue weighted by atomic mass is 10.1. The first kappa shape index (κ1) is 20.0. The third-order valence-corrected chi connectivity index (χ3v) is 6.87. The van der Waals surface area contributed by atoms with Gasteiger partial charge in [-0.1, -0.05) is 24.3 Å². The highest BCUT2D eigenvalue weighted by atomic mass is 32.2. The van der Waals surface area contributed by atoms with E-state index in [-0.39, 0.29) is 22.6 Å². The maximum Gasteiger partial charge on any atom is 0.317 e. The number of piperazine rings is 1. The average molecular weight is 392 g/mol. The molecule has 6 nitrogen and oxygen atoms in total. The van der Waals surface area contributed by atoms with Crippen LogP contribution in [0.2, 0.25) is 0 Å². The molecule has 2 fully saturated rings. The summed E-state index contributed by atoms with van der Waals surface area (Å²) in [5.74, 6) is 0.244. The molecule has 0 bridgehead atoms. The zero-order valence-corrected chi connectivity index (χ0v) is 17.3. The molecular weight excluding hydrogens is 360 g/mol. The van der Waals surface area contributed by atoms with Gasteiger partial charge in [0.1, 0.15) is 5.37 Å². The fourth-order valence-corrected chi connectivity index (χ4v) is 5.23. The second-order valence-electron chi connectivity index (χ2n) is 7.34. The molecule has 27 heavy (non-hydrogen) atoms. The molecule has 148 valence electrons. The molecular formula is C20H31N4O2S+. The number of nitrogens with zero attached hydrogens (tertiary/aromatic N) is 2. The number of benzene rings is 1. The molecule has 3 rings (SSSR count). The Bertz CT molecular complexity index is 676. The third kappa shape index (κ3) is 4.58. The summed E-state index contributed by atoms with van der Waals surface area (Å²) in [6, 6.07) is 8.40. The van der Waals surface area contributed by atoms with Gasteiger partial charge in [0.05, 0.1) is 44.5 Å². The first-order valence-corrected chi connectivity index (χ1v) is 10.8. The minimum absolute atomic E-state index is 0.0131. The number of hydrogen-bond donors (Lipinski definition) is 2. The van der Waals surface area contributed by atoms with Crippen LogP contribution in [0.1, 0.15) is 30.3 Å². The van der Waals surface area contributed by atoms with Crippen LogP contribution in [0.15, 0.2) is 24.3 Å². The van der Waals surface area contributed by atoms with Crippen LogP contribution in [0.3, 0.4) is 0 Å². The van der Waals surface area contributed by atoms with Gasteiger partial charge >= 0.3 is 6.03 Å². The predicted molar refractivity (Wildman–Crippen MR) is 109 cm³/mol. The number of thioether (sulfide) groups is 1. The Morgan fingerprint density at radius 3 is 2.67 bits per heavy atom. The van der Waals surface area contributed by atoms with Crippen LogP contribution in [-0.4, -0.2) is 72.8 Å². The fourth-order valence-electron chi connectivity index (χ4n) is 3.82.